The van der Waals surface area contributed by atoms with Gasteiger partial charge in [-0.15, -0.1) is 0 Å². The molecule has 22 heavy (non-hydrogen) atoms. The van der Waals surface area contributed by atoms with Crippen molar-refractivity contribution in [3.8, 4) is 0 Å². The first kappa shape index (κ1) is 14.6. The number of amides is 4. The molecular weight excluding hydrogens is 282 g/mol. The van der Waals surface area contributed by atoms with Gasteiger partial charge in [-0.1, -0.05) is 29.8 Å². The summed E-state index contributed by atoms with van der Waals surface area (Å²) in [5, 5.41) is 2.74. The first-order valence-corrected chi connectivity index (χ1v) is 7.48. The first-order chi connectivity index (χ1) is 10.5. The molecule has 6 nitrogen and oxygen atoms in total. The van der Waals surface area contributed by atoms with E-state index in [4.69, 9.17) is 0 Å². The molecule has 2 fully saturated rings. The highest BCUT2D eigenvalue weighted by Crippen LogP contribution is 2.30. The number of rotatable bonds is 5. The van der Waals surface area contributed by atoms with Crippen molar-refractivity contribution in [1.82, 2.24) is 15.1 Å². The molecule has 1 saturated carbocycles. The van der Waals surface area contributed by atoms with Gasteiger partial charge in [0.05, 0.1) is 0 Å². The van der Waals surface area contributed by atoms with Crippen molar-refractivity contribution >= 4 is 17.8 Å². The molecule has 0 spiro atoms. The van der Waals surface area contributed by atoms with Gasteiger partial charge in [0.25, 0.3) is 5.91 Å². The van der Waals surface area contributed by atoms with E-state index in [1.165, 1.54) is 0 Å². The minimum atomic E-state index is -0.335. The number of aryl methyl sites for hydroxylation is 1. The number of nitrogens with zero attached hydrogens (tertiary/aromatic N) is 2. The molecule has 6 heteroatoms. The van der Waals surface area contributed by atoms with Crippen molar-refractivity contribution in [2.75, 3.05) is 13.1 Å². The normalized spacial score (nSPS) is 18.0. The number of urea groups is 1. The topological polar surface area (TPSA) is 69.7 Å². The SMILES string of the molecule is Cc1ccc(CNC(=O)CN2C(=O)CN(C3CC3)C2=O)cc1. The van der Waals surface area contributed by atoms with Crippen molar-refractivity contribution in [2.24, 2.45) is 0 Å². The lowest BCUT2D eigenvalue weighted by Gasteiger charge is -2.16. The second-order valence-corrected chi connectivity index (χ2v) is 5.88. The van der Waals surface area contributed by atoms with Crippen LogP contribution in [0.1, 0.15) is 24.0 Å². The van der Waals surface area contributed by atoms with Crippen LogP contribution in [-0.2, 0) is 16.1 Å². The molecule has 0 atom stereocenters. The van der Waals surface area contributed by atoms with E-state index >= 15 is 0 Å². The first-order valence-electron chi connectivity index (χ1n) is 7.48. The smallest absolute Gasteiger partial charge is 0.327 e. The molecule has 0 unspecified atom stereocenters. The highest BCUT2D eigenvalue weighted by atomic mass is 16.2. The average Bonchev–Trinajstić information content (AvgIpc) is 3.29. The molecule has 3 rings (SSSR count). The van der Waals surface area contributed by atoms with E-state index < -0.39 is 0 Å². The van der Waals surface area contributed by atoms with Gasteiger partial charge < -0.3 is 10.2 Å². The molecule has 1 aromatic carbocycles. The van der Waals surface area contributed by atoms with Crippen LogP contribution in [0.2, 0.25) is 0 Å². The molecule has 0 radical (unpaired) electrons. The Balaban J connectivity index is 1.52. The molecule has 1 heterocycles. The molecule has 1 aromatic rings. The fourth-order valence-electron chi connectivity index (χ4n) is 2.49. The van der Waals surface area contributed by atoms with Crippen molar-refractivity contribution in [2.45, 2.75) is 32.4 Å². The van der Waals surface area contributed by atoms with Crippen molar-refractivity contribution in [3.63, 3.8) is 0 Å². The van der Waals surface area contributed by atoms with Gasteiger partial charge in [0.15, 0.2) is 0 Å². The molecule has 4 amide bonds. The number of hydrogen-bond donors (Lipinski definition) is 1. The number of nitrogens with one attached hydrogen (secondary N) is 1. The fourth-order valence-corrected chi connectivity index (χ4v) is 2.49. The summed E-state index contributed by atoms with van der Waals surface area (Å²) in [5.74, 6) is -0.609. The number of benzene rings is 1. The van der Waals surface area contributed by atoms with Crippen molar-refractivity contribution in [1.29, 1.82) is 0 Å². The lowest BCUT2D eigenvalue weighted by atomic mass is 10.1. The van der Waals surface area contributed by atoms with Gasteiger partial charge in [-0.25, -0.2) is 4.79 Å². The molecule has 116 valence electrons. The van der Waals surface area contributed by atoms with E-state index in [0.717, 1.165) is 28.9 Å². The largest absolute Gasteiger partial charge is 0.350 e. The predicted molar refractivity (Wildman–Crippen MR) is 79.9 cm³/mol. The predicted octanol–water partition coefficient (Wildman–Crippen LogP) is 1.04. The summed E-state index contributed by atoms with van der Waals surface area (Å²) in [6, 6.07) is 7.69. The van der Waals surface area contributed by atoms with E-state index in [2.05, 4.69) is 5.32 Å². The van der Waals surface area contributed by atoms with E-state index in [9.17, 15) is 14.4 Å². The summed E-state index contributed by atoms with van der Waals surface area (Å²) in [5.41, 5.74) is 2.14. The van der Waals surface area contributed by atoms with E-state index in [1.807, 2.05) is 31.2 Å². The maximum Gasteiger partial charge on any atom is 0.327 e. The summed E-state index contributed by atoms with van der Waals surface area (Å²) in [7, 11) is 0. The van der Waals surface area contributed by atoms with Crippen LogP contribution in [0.25, 0.3) is 0 Å². The Morgan fingerprint density at radius 2 is 1.91 bits per heavy atom. The average molecular weight is 301 g/mol. The minimum absolute atomic E-state index is 0.106. The molecule has 0 aromatic heterocycles. The van der Waals surface area contributed by atoms with Gasteiger partial charge in [0.2, 0.25) is 5.91 Å². The summed E-state index contributed by atoms with van der Waals surface area (Å²) in [6.45, 7) is 2.29. The molecule has 1 N–H and O–H groups in total. The number of hydrogen-bond acceptors (Lipinski definition) is 3. The Hall–Kier alpha value is -2.37. The fraction of sp³-hybridized carbons (Fsp3) is 0.438. The van der Waals surface area contributed by atoms with Gasteiger partial charge in [-0.2, -0.15) is 0 Å². The quantitative estimate of drug-likeness (QED) is 0.826. The summed E-state index contributed by atoms with van der Waals surface area (Å²) >= 11 is 0. The molecule has 1 aliphatic heterocycles. The maximum atomic E-state index is 12.1. The second-order valence-electron chi connectivity index (χ2n) is 5.88. The summed E-state index contributed by atoms with van der Waals surface area (Å²) in [6.07, 6.45) is 1.90. The van der Waals surface area contributed by atoms with E-state index in [-0.39, 0.29) is 37.0 Å². The second kappa shape index (κ2) is 5.79. The third-order valence-corrected chi connectivity index (χ3v) is 3.98. The Morgan fingerprint density at radius 3 is 2.55 bits per heavy atom. The van der Waals surface area contributed by atoms with Gasteiger partial charge in [0.1, 0.15) is 13.1 Å². The summed E-state index contributed by atoms with van der Waals surface area (Å²) < 4.78 is 0. The zero-order valence-electron chi connectivity index (χ0n) is 12.5. The lowest BCUT2D eigenvalue weighted by molar-refractivity contribution is -0.130. The van der Waals surface area contributed by atoms with E-state index in [0.29, 0.717) is 6.54 Å². The summed E-state index contributed by atoms with van der Waals surface area (Å²) in [4.78, 5) is 38.5. The van der Waals surface area contributed by atoms with Crippen LogP contribution in [0, 0.1) is 6.92 Å². The standard InChI is InChI=1S/C16H19N3O3/c1-11-2-4-12(5-3-11)8-17-14(20)9-19-15(21)10-18(16(19)22)13-6-7-13/h2-5,13H,6-10H2,1H3,(H,17,20). The van der Waals surface area contributed by atoms with Crippen LogP contribution in [-0.4, -0.2) is 46.8 Å². The Kier molecular flexibility index (Phi) is 3.83. The minimum Gasteiger partial charge on any atom is -0.350 e. The molecule has 0 bridgehead atoms. The zero-order chi connectivity index (χ0) is 15.7. The Bertz CT molecular complexity index is 608. The number of imide groups is 1. The molecule has 1 saturated heterocycles. The van der Waals surface area contributed by atoms with Crippen molar-refractivity contribution in [3.05, 3.63) is 35.4 Å². The van der Waals surface area contributed by atoms with Crippen LogP contribution in [0.4, 0.5) is 4.79 Å². The molecule has 1 aliphatic carbocycles. The molecular formula is C16H19N3O3. The number of carbonyl (C=O) groups excluding carboxylic acids is 3. The van der Waals surface area contributed by atoms with Crippen LogP contribution in [0.5, 0.6) is 0 Å². The Labute approximate surface area is 129 Å². The monoisotopic (exact) mass is 301 g/mol. The lowest BCUT2D eigenvalue weighted by Crippen LogP contribution is -2.41. The van der Waals surface area contributed by atoms with Gasteiger partial charge >= 0.3 is 6.03 Å². The third-order valence-electron chi connectivity index (χ3n) is 3.98. The van der Waals surface area contributed by atoms with Crippen LogP contribution < -0.4 is 5.32 Å². The Morgan fingerprint density at radius 1 is 1.23 bits per heavy atom. The van der Waals surface area contributed by atoms with Crippen molar-refractivity contribution < 1.29 is 14.4 Å². The highest BCUT2D eigenvalue weighted by molar-refractivity contribution is 6.04. The van der Waals surface area contributed by atoms with Crippen LogP contribution in [0.3, 0.4) is 0 Å². The van der Waals surface area contributed by atoms with Gasteiger partial charge in [0, 0.05) is 12.6 Å². The molecule has 2 aliphatic rings. The van der Waals surface area contributed by atoms with Gasteiger partial charge in [-0.05, 0) is 25.3 Å². The van der Waals surface area contributed by atoms with E-state index in [1.54, 1.807) is 4.90 Å². The third kappa shape index (κ3) is 3.10. The van der Waals surface area contributed by atoms with Crippen LogP contribution in [0.15, 0.2) is 24.3 Å². The van der Waals surface area contributed by atoms with Gasteiger partial charge in [-0.3, -0.25) is 14.5 Å². The number of carbonyl (C=O) groups is 3. The highest BCUT2D eigenvalue weighted by Gasteiger charge is 2.44. The van der Waals surface area contributed by atoms with Crippen LogP contribution >= 0.6 is 0 Å². The zero-order valence-corrected chi connectivity index (χ0v) is 12.5. The maximum absolute atomic E-state index is 12.1.